The summed E-state index contributed by atoms with van der Waals surface area (Å²) in [5, 5.41) is 12.1. The van der Waals surface area contributed by atoms with Gasteiger partial charge in [-0.15, -0.1) is 0 Å². The van der Waals surface area contributed by atoms with Crippen molar-refractivity contribution >= 4 is 28.9 Å². The molecule has 2 amide bonds. The van der Waals surface area contributed by atoms with E-state index in [4.69, 9.17) is 5.73 Å². The molecule has 0 radical (unpaired) electrons. The van der Waals surface area contributed by atoms with Crippen molar-refractivity contribution in [1.82, 2.24) is 0 Å². The highest BCUT2D eigenvalue weighted by molar-refractivity contribution is 6.08. The molecule has 2 aromatic rings. The van der Waals surface area contributed by atoms with Crippen molar-refractivity contribution in [3.8, 4) is 6.07 Å². The molecule has 27 heavy (non-hydrogen) atoms. The van der Waals surface area contributed by atoms with Crippen LogP contribution in [0, 0.1) is 11.3 Å². The van der Waals surface area contributed by atoms with E-state index in [1.165, 1.54) is 18.0 Å². The summed E-state index contributed by atoms with van der Waals surface area (Å²) in [6, 6.07) is 15.9. The van der Waals surface area contributed by atoms with Crippen molar-refractivity contribution < 1.29 is 9.59 Å². The van der Waals surface area contributed by atoms with Crippen LogP contribution in [0.25, 0.3) is 0 Å². The van der Waals surface area contributed by atoms with Gasteiger partial charge >= 0.3 is 0 Å². The Bertz CT molecular complexity index is 909. The fraction of sp³-hybridized carbons (Fsp3) is 0.190. The third-order valence-corrected chi connectivity index (χ3v) is 3.95. The highest BCUT2D eigenvalue weighted by atomic mass is 16.2. The monoisotopic (exact) mass is 362 g/mol. The number of carbonyl (C=O) groups excluding carboxylic acids is 2. The van der Waals surface area contributed by atoms with E-state index < -0.39 is 5.91 Å². The number of hydrogen-bond acceptors (Lipinski definition) is 4. The van der Waals surface area contributed by atoms with Crippen LogP contribution in [0.2, 0.25) is 0 Å². The molecule has 3 N–H and O–H groups in total. The highest BCUT2D eigenvalue weighted by Crippen LogP contribution is 2.20. The van der Waals surface area contributed by atoms with Crippen molar-refractivity contribution in [2.45, 2.75) is 26.7 Å². The molecule has 6 nitrogen and oxygen atoms in total. The average molecular weight is 362 g/mol. The maximum atomic E-state index is 12.5. The van der Waals surface area contributed by atoms with Gasteiger partial charge in [-0.25, -0.2) is 0 Å². The van der Waals surface area contributed by atoms with Crippen LogP contribution in [-0.2, 0) is 9.59 Å². The van der Waals surface area contributed by atoms with Crippen LogP contribution < -0.4 is 16.0 Å². The van der Waals surface area contributed by atoms with Crippen LogP contribution in [0.1, 0.15) is 32.3 Å². The number of amides is 2. The number of nitriles is 1. The van der Waals surface area contributed by atoms with Gasteiger partial charge in [-0.3, -0.25) is 14.5 Å². The number of hydrogen-bond donors (Lipinski definition) is 2. The fourth-order valence-electron chi connectivity index (χ4n) is 2.44. The molecule has 0 aliphatic rings. The lowest BCUT2D eigenvalue weighted by molar-refractivity contribution is -0.116. The van der Waals surface area contributed by atoms with E-state index in [-0.39, 0.29) is 11.5 Å². The maximum absolute atomic E-state index is 12.5. The van der Waals surface area contributed by atoms with Crippen LogP contribution in [-0.4, -0.2) is 11.8 Å². The third-order valence-electron chi connectivity index (χ3n) is 3.95. The van der Waals surface area contributed by atoms with Gasteiger partial charge in [-0.2, -0.15) is 5.26 Å². The van der Waals surface area contributed by atoms with Gasteiger partial charge in [0, 0.05) is 24.5 Å². The van der Waals surface area contributed by atoms with Crippen LogP contribution >= 0.6 is 0 Å². The standard InChI is InChI=1S/C21H22N4O2/c1-14(2)16-7-9-19(10-8-16)24-21(27)17(12-22)13-25(15(3)26)20-6-4-5-18(23)11-20/h4-11,13-14H,23H2,1-3H3,(H,24,27)/b17-13-. The first-order valence-electron chi connectivity index (χ1n) is 8.50. The summed E-state index contributed by atoms with van der Waals surface area (Å²) >= 11 is 0. The minimum Gasteiger partial charge on any atom is -0.399 e. The fourth-order valence-corrected chi connectivity index (χ4v) is 2.44. The Balaban J connectivity index is 2.25. The summed E-state index contributed by atoms with van der Waals surface area (Å²) in [5.41, 5.74) is 8.23. The van der Waals surface area contributed by atoms with Gasteiger partial charge in [0.1, 0.15) is 11.6 Å². The Kier molecular flexibility index (Phi) is 6.34. The van der Waals surface area contributed by atoms with E-state index >= 15 is 0 Å². The van der Waals surface area contributed by atoms with Gasteiger partial charge in [0.25, 0.3) is 5.91 Å². The number of carbonyl (C=O) groups is 2. The molecule has 2 rings (SSSR count). The van der Waals surface area contributed by atoms with E-state index in [1.807, 2.05) is 18.2 Å². The van der Waals surface area contributed by atoms with Crippen molar-refractivity contribution in [2.24, 2.45) is 0 Å². The van der Waals surface area contributed by atoms with Crippen LogP contribution in [0.3, 0.4) is 0 Å². The van der Waals surface area contributed by atoms with Crippen molar-refractivity contribution in [2.75, 3.05) is 16.0 Å². The Morgan fingerprint density at radius 2 is 1.85 bits per heavy atom. The second-order valence-electron chi connectivity index (χ2n) is 6.37. The number of benzene rings is 2. The molecule has 0 aliphatic carbocycles. The lowest BCUT2D eigenvalue weighted by Crippen LogP contribution is -2.25. The Morgan fingerprint density at radius 3 is 2.37 bits per heavy atom. The van der Waals surface area contributed by atoms with Crippen LogP contribution in [0.4, 0.5) is 17.1 Å². The number of nitrogen functional groups attached to an aromatic ring is 1. The molecule has 0 aromatic heterocycles. The van der Waals surface area contributed by atoms with Gasteiger partial charge in [-0.1, -0.05) is 32.0 Å². The lowest BCUT2D eigenvalue weighted by atomic mass is 10.0. The predicted molar refractivity (Wildman–Crippen MR) is 107 cm³/mol. The molecule has 0 fully saturated rings. The van der Waals surface area contributed by atoms with E-state index in [0.717, 1.165) is 5.56 Å². The van der Waals surface area contributed by atoms with Crippen molar-refractivity contribution in [3.05, 3.63) is 65.9 Å². The predicted octanol–water partition coefficient (Wildman–Crippen LogP) is 3.79. The summed E-state index contributed by atoms with van der Waals surface area (Å²) < 4.78 is 0. The summed E-state index contributed by atoms with van der Waals surface area (Å²) in [7, 11) is 0. The Morgan fingerprint density at radius 1 is 1.19 bits per heavy atom. The quantitative estimate of drug-likeness (QED) is 0.480. The Hall–Kier alpha value is -3.59. The maximum Gasteiger partial charge on any atom is 0.267 e. The van der Waals surface area contributed by atoms with E-state index in [1.54, 1.807) is 36.4 Å². The highest BCUT2D eigenvalue weighted by Gasteiger charge is 2.16. The normalized spacial score (nSPS) is 11.0. The molecule has 0 saturated heterocycles. The zero-order valence-corrected chi connectivity index (χ0v) is 15.6. The van der Waals surface area contributed by atoms with E-state index in [9.17, 15) is 14.9 Å². The lowest BCUT2D eigenvalue weighted by Gasteiger charge is -2.17. The minimum absolute atomic E-state index is 0.194. The minimum atomic E-state index is -0.593. The molecule has 2 aromatic carbocycles. The molecule has 138 valence electrons. The SMILES string of the molecule is CC(=O)N(/C=C(/C#N)C(=O)Nc1ccc(C(C)C)cc1)c1cccc(N)c1. The molecule has 0 atom stereocenters. The third kappa shape index (κ3) is 5.19. The molecule has 0 spiro atoms. The topological polar surface area (TPSA) is 99.2 Å². The second-order valence-corrected chi connectivity index (χ2v) is 6.37. The zero-order valence-electron chi connectivity index (χ0n) is 15.6. The van der Waals surface area contributed by atoms with Gasteiger partial charge in [0.15, 0.2) is 0 Å². The van der Waals surface area contributed by atoms with Gasteiger partial charge < -0.3 is 11.1 Å². The molecule has 0 saturated carbocycles. The van der Waals surface area contributed by atoms with Crippen LogP contribution in [0.15, 0.2) is 60.3 Å². The van der Waals surface area contributed by atoms with E-state index in [0.29, 0.717) is 23.0 Å². The average Bonchev–Trinajstić information content (AvgIpc) is 2.62. The summed E-state index contributed by atoms with van der Waals surface area (Å²) in [4.78, 5) is 25.7. The van der Waals surface area contributed by atoms with E-state index in [2.05, 4.69) is 19.2 Å². The summed E-state index contributed by atoms with van der Waals surface area (Å²) in [5.74, 6) is -0.556. The van der Waals surface area contributed by atoms with Gasteiger partial charge in [0.2, 0.25) is 5.91 Å². The number of nitrogens with two attached hydrogens (primary N) is 1. The number of nitrogens with zero attached hydrogens (tertiary/aromatic N) is 2. The molecular formula is C21H22N4O2. The first-order valence-corrected chi connectivity index (χ1v) is 8.50. The van der Waals surface area contributed by atoms with Gasteiger partial charge in [0.05, 0.1) is 5.69 Å². The second kappa shape index (κ2) is 8.68. The van der Waals surface area contributed by atoms with Gasteiger partial charge in [-0.05, 0) is 41.8 Å². The van der Waals surface area contributed by atoms with Crippen molar-refractivity contribution in [1.29, 1.82) is 5.26 Å². The van der Waals surface area contributed by atoms with Crippen LogP contribution in [0.5, 0.6) is 0 Å². The number of nitrogens with one attached hydrogen (secondary N) is 1. The number of anilines is 3. The first kappa shape index (κ1) is 19.7. The Labute approximate surface area is 158 Å². The smallest absolute Gasteiger partial charge is 0.267 e. The molecule has 6 heteroatoms. The molecule has 0 bridgehead atoms. The molecule has 0 unspecified atom stereocenters. The zero-order chi connectivity index (χ0) is 20.0. The number of rotatable bonds is 5. The molecule has 0 heterocycles. The first-order chi connectivity index (χ1) is 12.8. The van der Waals surface area contributed by atoms with Crippen molar-refractivity contribution in [3.63, 3.8) is 0 Å². The summed E-state index contributed by atoms with van der Waals surface area (Å²) in [6.45, 7) is 5.50. The molecular weight excluding hydrogens is 340 g/mol. The summed E-state index contributed by atoms with van der Waals surface area (Å²) in [6.07, 6.45) is 1.22. The molecule has 0 aliphatic heterocycles. The largest absolute Gasteiger partial charge is 0.399 e.